The third-order valence-electron chi connectivity index (χ3n) is 4.15. The van der Waals surface area contributed by atoms with Crippen LogP contribution >= 0.6 is 0 Å². The van der Waals surface area contributed by atoms with E-state index >= 15 is 0 Å². The highest BCUT2D eigenvalue weighted by atomic mass is 16.5. The summed E-state index contributed by atoms with van der Waals surface area (Å²) in [6.07, 6.45) is 4.11. The first-order valence-electron chi connectivity index (χ1n) is 7.19. The van der Waals surface area contributed by atoms with E-state index in [1.54, 1.807) is 6.92 Å². The molecule has 108 valence electrons. The van der Waals surface area contributed by atoms with Crippen molar-refractivity contribution in [1.82, 2.24) is 5.32 Å². The van der Waals surface area contributed by atoms with Crippen molar-refractivity contribution in [2.45, 2.75) is 58.1 Å². The van der Waals surface area contributed by atoms with Crippen LogP contribution in [-0.4, -0.2) is 37.2 Å². The number of hydrogen-bond donors (Lipinski definition) is 1. The highest BCUT2D eigenvalue weighted by Gasteiger charge is 2.53. The third kappa shape index (κ3) is 2.91. The van der Waals surface area contributed by atoms with Gasteiger partial charge >= 0.3 is 5.97 Å². The van der Waals surface area contributed by atoms with E-state index in [4.69, 9.17) is 9.47 Å². The second kappa shape index (κ2) is 5.90. The molecule has 0 bridgehead atoms. The van der Waals surface area contributed by atoms with E-state index < -0.39 is 6.04 Å². The second-order valence-corrected chi connectivity index (χ2v) is 5.53. The van der Waals surface area contributed by atoms with Gasteiger partial charge in [0.25, 0.3) is 0 Å². The van der Waals surface area contributed by atoms with Gasteiger partial charge in [-0.15, -0.1) is 0 Å². The Morgan fingerprint density at radius 3 is 3.00 bits per heavy atom. The number of rotatable bonds is 4. The first-order valence-corrected chi connectivity index (χ1v) is 7.19. The van der Waals surface area contributed by atoms with Crippen LogP contribution in [0.1, 0.15) is 46.0 Å². The summed E-state index contributed by atoms with van der Waals surface area (Å²) < 4.78 is 10.8. The number of carbonyl (C=O) groups excluding carboxylic acids is 2. The van der Waals surface area contributed by atoms with E-state index in [-0.39, 0.29) is 23.4 Å². The smallest absolute Gasteiger partial charge is 0.329 e. The molecule has 3 unspecified atom stereocenters. The van der Waals surface area contributed by atoms with Crippen molar-refractivity contribution in [3.8, 4) is 0 Å². The Morgan fingerprint density at radius 2 is 2.32 bits per heavy atom. The molecule has 0 aromatic heterocycles. The molecule has 2 fully saturated rings. The van der Waals surface area contributed by atoms with Crippen LogP contribution < -0.4 is 5.32 Å². The van der Waals surface area contributed by atoms with E-state index in [1.807, 2.05) is 0 Å². The van der Waals surface area contributed by atoms with E-state index in [0.29, 0.717) is 19.6 Å². The first-order chi connectivity index (χ1) is 9.11. The maximum absolute atomic E-state index is 12.1. The molecule has 0 aliphatic carbocycles. The van der Waals surface area contributed by atoms with Crippen molar-refractivity contribution in [2.24, 2.45) is 5.41 Å². The normalized spacial score (nSPS) is 34.3. The van der Waals surface area contributed by atoms with Crippen LogP contribution in [0.4, 0.5) is 0 Å². The Balaban J connectivity index is 2.13. The number of ether oxygens (including phenoxy) is 2. The quantitative estimate of drug-likeness (QED) is 0.784. The van der Waals surface area contributed by atoms with Crippen molar-refractivity contribution < 1.29 is 19.1 Å². The highest BCUT2D eigenvalue weighted by Crippen LogP contribution is 2.44. The molecule has 1 N–H and O–H groups in total. The largest absolute Gasteiger partial charge is 0.464 e. The fourth-order valence-electron chi connectivity index (χ4n) is 3.29. The minimum atomic E-state index is -0.497. The van der Waals surface area contributed by atoms with Gasteiger partial charge in [0.2, 0.25) is 5.91 Å². The number of nitrogens with one attached hydrogen (secondary N) is 1. The highest BCUT2D eigenvalue weighted by molar-refractivity contribution is 5.90. The van der Waals surface area contributed by atoms with E-state index in [2.05, 4.69) is 12.2 Å². The molecule has 2 aliphatic rings. The summed E-state index contributed by atoms with van der Waals surface area (Å²) in [4.78, 5) is 23.8. The number of esters is 1. The van der Waals surface area contributed by atoms with Gasteiger partial charge in [0.05, 0.1) is 12.7 Å². The minimum Gasteiger partial charge on any atom is -0.464 e. The van der Waals surface area contributed by atoms with Gasteiger partial charge < -0.3 is 14.8 Å². The van der Waals surface area contributed by atoms with Crippen molar-refractivity contribution >= 4 is 11.9 Å². The average molecular weight is 269 g/mol. The summed E-state index contributed by atoms with van der Waals surface area (Å²) in [6, 6.07) is -0.497. The fourth-order valence-corrected chi connectivity index (χ4v) is 3.29. The van der Waals surface area contributed by atoms with Gasteiger partial charge in [0.1, 0.15) is 6.04 Å². The molecule has 2 rings (SSSR count). The monoisotopic (exact) mass is 269 g/mol. The first kappa shape index (κ1) is 14.3. The van der Waals surface area contributed by atoms with Crippen LogP contribution in [0.3, 0.4) is 0 Å². The zero-order chi connectivity index (χ0) is 13.9. The number of amides is 1. The molecular formula is C14H23NO4. The van der Waals surface area contributed by atoms with Crippen LogP contribution in [0, 0.1) is 5.41 Å². The number of hydrogen-bond acceptors (Lipinski definition) is 4. The summed E-state index contributed by atoms with van der Waals surface area (Å²) in [5.74, 6) is -0.347. The van der Waals surface area contributed by atoms with Gasteiger partial charge in [0, 0.05) is 18.4 Å². The predicted molar refractivity (Wildman–Crippen MR) is 69.5 cm³/mol. The molecule has 2 heterocycles. The molecule has 3 atom stereocenters. The van der Waals surface area contributed by atoms with E-state index in [9.17, 15) is 9.59 Å². The molecule has 0 radical (unpaired) electrons. The van der Waals surface area contributed by atoms with Crippen molar-refractivity contribution in [3.05, 3.63) is 0 Å². The van der Waals surface area contributed by atoms with Gasteiger partial charge in [0.15, 0.2) is 0 Å². The Bertz CT molecular complexity index is 355. The Morgan fingerprint density at radius 1 is 1.53 bits per heavy atom. The van der Waals surface area contributed by atoms with Gasteiger partial charge in [-0.1, -0.05) is 13.3 Å². The molecule has 2 aliphatic heterocycles. The molecule has 5 nitrogen and oxygen atoms in total. The second-order valence-electron chi connectivity index (χ2n) is 5.53. The van der Waals surface area contributed by atoms with Crippen LogP contribution in [0.15, 0.2) is 0 Å². The molecule has 19 heavy (non-hydrogen) atoms. The van der Waals surface area contributed by atoms with Gasteiger partial charge in [-0.25, -0.2) is 4.79 Å². The average Bonchev–Trinajstić information content (AvgIpc) is 2.66. The van der Waals surface area contributed by atoms with Crippen molar-refractivity contribution in [1.29, 1.82) is 0 Å². The van der Waals surface area contributed by atoms with Gasteiger partial charge in [-0.05, 0) is 26.2 Å². The fraction of sp³-hybridized carbons (Fsp3) is 0.857. The van der Waals surface area contributed by atoms with Crippen molar-refractivity contribution in [2.75, 3.05) is 13.2 Å². The molecule has 1 amide bonds. The van der Waals surface area contributed by atoms with Crippen LogP contribution in [-0.2, 0) is 19.1 Å². The molecule has 0 saturated carbocycles. The SMILES string of the molecule is CCCC1CC2(CCO1)CC(=O)NC2C(=O)OCC. The standard InChI is InChI=1S/C14H23NO4/c1-3-5-10-8-14(6-7-19-10)9-11(16)15-12(14)13(17)18-4-2/h10,12H,3-9H2,1-2H3,(H,15,16). The molecule has 5 heteroatoms. The van der Waals surface area contributed by atoms with Gasteiger partial charge in [-0.2, -0.15) is 0 Å². The lowest BCUT2D eigenvalue weighted by Crippen LogP contribution is -2.49. The third-order valence-corrected chi connectivity index (χ3v) is 4.15. The molecule has 1 spiro atoms. The van der Waals surface area contributed by atoms with Gasteiger partial charge in [-0.3, -0.25) is 4.79 Å². The van der Waals surface area contributed by atoms with E-state index in [0.717, 1.165) is 25.7 Å². The predicted octanol–water partition coefficient (Wildman–Crippen LogP) is 1.40. The summed E-state index contributed by atoms with van der Waals surface area (Å²) in [5.41, 5.74) is -0.304. The molecule has 2 saturated heterocycles. The lowest BCUT2D eigenvalue weighted by molar-refractivity contribution is -0.151. The lowest BCUT2D eigenvalue weighted by Gasteiger charge is -2.40. The number of carbonyl (C=O) groups is 2. The summed E-state index contributed by atoms with van der Waals surface area (Å²) >= 11 is 0. The molecule has 0 aromatic carbocycles. The summed E-state index contributed by atoms with van der Waals surface area (Å²) in [6.45, 7) is 4.86. The zero-order valence-electron chi connectivity index (χ0n) is 11.7. The van der Waals surface area contributed by atoms with Crippen molar-refractivity contribution in [3.63, 3.8) is 0 Å². The van der Waals surface area contributed by atoms with E-state index in [1.165, 1.54) is 0 Å². The maximum Gasteiger partial charge on any atom is 0.329 e. The van der Waals surface area contributed by atoms with Crippen LogP contribution in [0.2, 0.25) is 0 Å². The molecular weight excluding hydrogens is 246 g/mol. The topological polar surface area (TPSA) is 64.6 Å². The maximum atomic E-state index is 12.1. The minimum absolute atomic E-state index is 0.0461. The Hall–Kier alpha value is -1.10. The zero-order valence-corrected chi connectivity index (χ0v) is 11.7. The summed E-state index contributed by atoms with van der Waals surface area (Å²) in [7, 11) is 0. The Labute approximate surface area is 114 Å². The lowest BCUT2D eigenvalue weighted by atomic mass is 9.71. The van der Waals surface area contributed by atoms with Crippen LogP contribution in [0.25, 0.3) is 0 Å². The Kier molecular flexibility index (Phi) is 4.45. The molecule has 0 aromatic rings. The van der Waals surface area contributed by atoms with Crippen LogP contribution in [0.5, 0.6) is 0 Å². The summed E-state index contributed by atoms with van der Waals surface area (Å²) in [5, 5.41) is 2.79.